The van der Waals surface area contributed by atoms with Crippen LogP contribution in [0.1, 0.15) is 49.0 Å². The summed E-state index contributed by atoms with van der Waals surface area (Å²) in [5.41, 5.74) is 3.77. The number of benzene rings is 1. The summed E-state index contributed by atoms with van der Waals surface area (Å²) in [6.45, 7) is 4.19. The van der Waals surface area contributed by atoms with Crippen molar-refractivity contribution in [2.24, 2.45) is 0 Å². The minimum absolute atomic E-state index is 0.400. The van der Waals surface area contributed by atoms with Crippen molar-refractivity contribution in [3.63, 3.8) is 0 Å². The number of nitrogens with zero attached hydrogens (tertiary/aromatic N) is 3. The number of anilines is 1. The fourth-order valence-corrected chi connectivity index (χ4v) is 4.52. The Labute approximate surface area is 167 Å². The second-order valence-electron chi connectivity index (χ2n) is 7.61. The van der Waals surface area contributed by atoms with E-state index in [9.17, 15) is 0 Å². The smallest absolute Gasteiger partial charge is 0.164 e. The van der Waals surface area contributed by atoms with Crippen molar-refractivity contribution >= 4 is 5.82 Å². The molecular weight excluding hydrogens is 352 g/mol. The van der Waals surface area contributed by atoms with E-state index in [1.165, 1.54) is 11.1 Å². The van der Waals surface area contributed by atoms with Gasteiger partial charge in [-0.15, -0.1) is 0 Å². The Balaban J connectivity index is 1.39. The molecule has 1 aromatic heterocycles. The number of fused-ring (bicyclic) bond motifs is 1. The predicted octanol–water partition coefficient (Wildman–Crippen LogP) is 3.30. The lowest BCUT2D eigenvalue weighted by molar-refractivity contribution is 0.352. The maximum absolute atomic E-state index is 5.63. The van der Waals surface area contributed by atoms with Crippen molar-refractivity contribution in [2.75, 3.05) is 32.2 Å². The first kappa shape index (κ1) is 19.0. The first-order chi connectivity index (χ1) is 13.7. The van der Waals surface area contributed by atoms with Gasteiger partial charge in [0.15, 0.2) is 11.5 Å². The highest BCUT2D eigenvalue weighted by Gasteiger charge is 2.30. The van der Waals surface area contributed by atoms with Crippen molar-refractivity contribution in [2.45, 2.75) is 51.1 Å². The number of aromatic nitrogens is 2. The van der Waals surface area contributed by atoms with Gasteiger partial charge in [-0.3, -0.25) is 0 Å². The summed E-state index contributed by atoms with van der Waals surface area (Å²) in [4.78, 5) is 11.2. The number of hydrogen-bond donors (Lipinski definition) is 1. The molecular formula is C22H30N4O2. The molecule has 1 N–H and O–H groups in total. The Morgan fingerprint density at radius 3 is 2.64 bits per heavy atom. The summed E-state index contributed by atoms with van der Waals surface area (Å²) in [5.74, 6) is 2.79. The van der Waals surface area contributed by atoms with Crippen LogP contribution in [0.2, 0.25) is 0 Å². The number of ether oxygens (including phenoxy) is 2. The Kier molecular flexibility index (Phi) is 5.67. The van der Waals surface area contributed by atoms with Gasteiger partial charge < -0.3 is 19.7 Å². The van der Waals surface area contributed by atoms with Crippen LogP contribution in [-0.4, -0.2) is 43.3 Å². The van der Waals surface area contributed by atoms with Crippen LogP contribution in [0.25, 0.3) is 0 Å². The van der Waals surface area contributed by atoms with E-state index in [1.807, 2.05) is 6.07 Å². The van der Waals surface area contributed by atoms with Gasteiger partial charge >= 0.3 is 0 Å². The highest BCUT2D eigenvalue weighted by Crippen LogP contribution is 2.42. The zero-order valence-corrected chi connectivity index (χ0v) is 17.1. The maximum atomic E-state index is 5.63. The van der Waals surface area contributed by atoms with Crippen LogP contribution in [0.5, 0.6) is 11.5 Å². The van der Waals surface area contributed by atoms with E-state index in [1.54, 1.807) is 20.5 Å². The molecule has 0 radical (unpaired) electrons. The molecule has 1 aromatic carbocycles. The molecule has 1 atom stereocenters. The van der Waals surface area contributed by atoms with Crippen molar-refractivity contribution in [1.82, 2.24) is 15.3 Å². The molecule has 28 heavy (non-hydrogen) atoms. The maximum Gasteiger partial charge on any atom is 0.164 e. The average Bonchev–Trinajstić information content (AvgIpc) is 3.16. The molecule has 0 amide bonds. The molecule has 2 aliphatic rings. The summed E-state index contributed by atoms with van der Waals surface area (Å²) in [5, 5.41) is 3.90. The zero-order chi connectivity index (χ0) is 19.5. The van der Waals surface area contributed by atoms with Crippen LogP contribution in [0.15, 0.2) is 24.5 Å². The third-order valence-electron chi connectivity index (χ3n) is 6.07. The monoisotopic (exact) mass is 382 g/mol. The standard InChI is InChI=1S/C22H30N4O2/c1-4-15-13-21(24-14-23-15)26-11-9-16(10-12-26)25-19-7-5-18-17(19)6-8-20(27-2)22(18)28-3/h6,8,13-14,16,19,25H,4-5,7,9-12H2,1-3H3. The first-order valence-electron chi connectivity index (χ1n) is 10.3. The number of piperidine rings is 1. The number of hydrogen-bond acceptors (Lipinski definition) is 6. The lowest BCUT2D eigenvalue weighted by atomic mass is 10.0. The molecule has 0 spiro atoms. The molecule has 1 fully saturated rings. The molecule has 2 heterocycles. The van der Waals surface area contributed by atoms with Gasteiger partial charge in [-0.1, -0.05) is 13.0 Å². The Hall–Kier alpha value is -2.34. The van der Waals surface area contributed by atoms with Gasteiger partial charge in [-0.2, -0.15) is 0 Å². The Morgan fingerprint density at radius 1 is 1.11 bits per heavy atom. The van der Waals surface area contributed by atoms with Crippen LogP contribution < -0.4 is 19.7 Å². The minimum atomic E-state index is 0.400. The summed E-state index contributed by atoms with van der Waals surface area (Å²) < 4.78 is 11.1. The van der Waals surface area contributed by atoms with E-state index in [0.717, 1.165) is 68.2 Å². The summed E-state index contributed by atoms with van der Waals surface area (Å²) >= 11 is 0. The van der Waals surface area contributed by atoms with Crippen molar-refractivity contribution < 1.29 is 9.47 Å². The van der Waals surface area contributed by atoms with Gasteiger partial charge in [0.05, 0.1) is 14.2 Å². The normalized spacial score (nSPS) is 19.5. The Morgan fingerprint density at radius 2 is 1.93 bits per heavy atom. The molecule has 1 unspecified atom stereocenters. The topological polar surface area (TPSA) is 59.5 Å². The molecule has 6 heteroatoms. The highest BCUT2D eigenvalue weighted by atomic mass is 16.5. The predicted molar refractivity (Wildman–Crippen MR) is 110 cm³/mol. The lowest BCUT2D eigenvalue weighted by Gasteiger charge is -2.34. The van der Waals surface area contributed by atoms with Crippen LogP contribution in [0.4, 0.5) is 5.82 Å². The van der Waals surface area contributed by atoms with Gasteiger partial charge in [0.2, 0.25) is 0 Å². The number of nitrogens with one attached hydrogen (secondary N) is 1. The fourth-order valence-electron chi connectivity index (χ4n) is 4.52. The summed E-state index contributed by atoms with van der Waals surface area (Å²) in [7, 11) is 3.43. The van der Waals surface area contributed by atoms with E-state index in [0.29, 0.717) is 12.1 Å². The van der Waals surface area contributed by atoms with Crippen LogP contribution in [-0.2, 0) is 12.8 Å². The van der Waals surface area contributed by atoms with Crippen LogP contribution in [0, 0.1) is 0 Å². The SMILES string of the molecule is CCc1cc(N2CCC(NC3CCc4c3ccc(OC)c4OC)CC2)ncn1. The zero-order valence-electron chi connectivity index (χ0n) is 17.1. The van der Waals surface area contributed by atoms with Gasteiger partial charge in [0, 0.05) is 42.5 Å². The number of rotatable bonds is 6. The second-order valence-corrected chi connectivity index (χ2v) is 7.61. The molecule has 1 aliphatic carbocycles. The van der Waals surface area contributed by atoms with Crippen molar-refractivity contribution in [3.8, 4) is 11.5 Å². The largest absolute Gasteiger partial charge is 0.493 e. The van der Waals surface area contributed by atoms with Crippen molar-refractivity contribution in [3.05, 3.63) is 41.3 Å². The summed E-state index contributed by atoms with van der Waals surface area (Å²) in [6, 6.07) is 7.29. The first-order valence-corrected chi connectivity index (χ1v) is 10.3. The second kappa shape index (κ2) is 8.35. The van der Waals surface area contributed by atoms with E-state index >= 15 is 0 Å². The molecule has 4 rings (SSSR count). The van der Waals surface area contributed by atoms with Gasteiger partial charge in [-0.25, -0.2) is 9.97 Å². The Bertz CT molecular complexity index is 818. The minimum Gasteiger partial charge on any atom is -0.493 e. The van der Waals surface area contributed by atoms with Crippen LogP contribution >= 0.6 is 0 Å². The van der Waals surface area contributed by atoms with Crippen LogP contribution in [0.3, 0.4) is 0 Å². The molecule has 6 nitrogen and oxygen atoms in total. The van der Waals surface area contributed by atoms with E-state index in [4.69, 9.17) is 9.47 Å². The molecule has 0 saturated carbocycles. The number of methoxy groups -OCH3 is 2. The highest BCUT2D eigenvalue weighted by molar-refractivity contribution is 5.53. The van der Waals surface area contributed by atoms with Gasteiger partial charge in [-0.05, 0) is 43.7 Å². The molecule has 150 valence electrons. The third-order valence-corrected chi connectivity index (χ3v) is 6.07. The quantitative estimate of drug-likeness (QED) is 0.827. The molecule has 1 aliphatic heterocycles. The lowest BCUT2D eigenvalue weighted by Crippen LogP contribution is -2.43. The van der Waals surface area contributed by atoms with E-state index in [2.05, 4.69) is 39.2 Å². The fraction of sp³-hybridized carbons (Fsp3) is 0.545. The summed E-state index contributed by atoms with van der Waals surface area (Å²) in [6.07, 6.45) is 7.05. The molecule has 0 bridgehead atoms. The molecule has 2 aromatic rings. The van der Waals surface area contributed by atoms with E-state index < -0.39 is 0 Å². The number of aryl methyl sites for hydroxylation is 1. The van der Waals surface area contributed by atoms with Gasteiger partial charge in [0.25, 0.3) is 0 Å². The average molecular weight is 383 g/mol. The third kappa shape index (κ3) is 3.65. The van der Waals surface area contributed by atoms with Crippen molar-refractivity contribution in [1.29, 1.82) is 0 Å². The molecule has 1 saturated heterocycles. The van der Waals surface area contributed by atoms with Gasteiger partial charge in [0.1, 0.15) is 12.1 Å². The van der Waals surface area contributed by atoms with E-state index in [-0.39, 0.29) is 0 Å².